The van der Waals surface area contributed by atoms with Crippen molar-refractivity contribution in [3.05, 3.63) is 0 Å². The molecule has 0 amide bonds. The minimum Gasteiger partial charge on any atom is -0.350 e. The summed E-state index contributed by atoms with van der Waals surface area (Å²) in [5.74, 6) is -0.174. The molecule has 0 aromatic heterocycles. The summed E-state index contributed by atoms with van der Waals surface area (Å²) < 4.78 is 12.3. The van der Waals surface area contributed by atoms with Gasteiger partial charge in [-0.2, -0.15) is 0 Å². The van der Waals surface area contributed by atoms with Crippen molar-refractivity contribution >= 4 is 0 Å². The maximum atomic E-state index is 6.14. The monoisotopic (exact) mass is 540 g/mol. The van der Waals surface area contributed by atoms with Crippen LogP contribution < -0.4 is 6.15 Å². The topological polar surface area (TPSA) is 53.5 Å². The lowest BCUT2D eigenvalue weighted by atomic mass is 10.0. The second-order valence-corrected chi connectivity index (χ2v) is 12.3. The zero-order valence-corrected chi connectivity index (χ0v) is 26.7. The zero-order valence-electron chi connectivity index (χ0n) is 26.7. The molecule has 0 aliphatic heterocycles. The van der Waals surface area contributed by atoms with E-state index in [0.29, 0.717) is 0 Å². The average molecular weight is 540 g/mol. The second-order valence-electron chi connectivity index (χ2n) is 12.3. The number of rotatable bonds is 32. The molecule has 0 heterocycles. The van der Waals surface area contributed by atoms with Crippen LogP contribution in [-0.2, 0) is 9.47 Å². The fourth-order valence-electron chi connectivity index (χ4n) is 5.54. The molecule has 3 heteroatoms. The van der Waals surface area contributed by atoms with Gasteiger partial charge in [-0.25, -0.2) is 0 Å². The molecule has 1 fully saturated rings. The Morgan fingerprint density at radius 2 is 0.553 bits per heavy atom. The van der Waals surface area contributed by atoms with Gasteiger partial charge in [-0.15, -0.1) is 0 Å². The van der Waals surface area contributed by atoms with Crippen molar-refractivity contribution in [1.29, 1.82) is 0 Å². The number of hydrogen-bond acceptors (Lipinski definition) is 3. The van der Waals surface area contributed by atoms with E-state index < -0.39 is 0 Å². The summed E-state index contributed by atoms with van der Waals surface area (Å²) in [6, 6.07) is 0. The summed E-state index contributed by atoms with van der Waals surface area (Å²) in [5, 5.41) is 0. The van der Waals surface area contributed by atoms with Crippen LogP contribution in [0.25, 0.3) is 0 Å². The standard InChI is InChI=1S/C35H70O2.H3N/c1-3-5-7-9-11-13-15-17-19-21-23-25-27-29-33-36-35(31-32-35)37-34-30-28-26-24-22-20-18-16-14-12-10-8-6-4-2;/h3-34H2,1-2H3;1H3. The van der Waals surface area contributed by atoms with Gasteiger partial charge in [0.25, 0.3) is 0 Å². The molecule has 0 saturated heterocycles. The fraction of sp³-hybridized carbons (Fsp3) is 1.00. The Morgan fingerprint density at radius 1 is 0.342 bits per heavy atom. The molecule has 0 aromatic rings. The van der Waals surface area contributed by atoms with E-state index in [0.717, 1.165) is 26.1 Å². The van der Waals surface area contributed by atoms with Crippen LogP contribution in [-0.4, -0.2) is 19.0 Å². The predicted octanol–water partition coefficient (Wildman–Crippen LogP) is 12.6. The lowest BCUT2D eigenvalue weighted by Gasteiger charge is -2.17. The molecule has 0 radical (unpaired) electrons. The van der Waals surface area contributed by atoms with Crippen molar-refractivity contribution in [2.24, 2.45) is 0 Å². The highest BCUT2D eigenvalue weighted by Crippen LogP contribution is 2.41. The Bertz CT molecular complexity index is 402. The predicted molar refractivity (Wildman–Crippen MR) is 170 cm³/mol. The third-order valence-electron chi connectivity index (χ3n) is 8.38. The minimum absolute atomic E-state index is 0. The minimum atomic E-state index is -0.174. The Kier molecular flexibility index (Phi) is 29.8. The summed E-state index contributed by atoms with van der Waals surface area (Å²) in [5.41, 5.74) is 0. The van der Waals surface area contributed by atoms with Crippen LogP contribution in [0.2, 0.25) is 0 Å². The van der Waals surface area contributed by atoms with Gasteiger partial charge < -0.3 is 15.6 Å². The maximum Gasteiger partial charge on any atom is 0.168 e. The van der Waals surface area contributed by atoms with Gasteiger partial charge in [0.2, 0.25) is 0 Å². The third kappa shape index (κ3) is 26.1. The summed E-state index contributed by atoms with van der Waals surface area (Å²) >= 11 is 0. The normalized spacial score (nSPS) is 14.1. The van der Waals surface area contributed by atoms with Crippen molar-refractivity contribution in [3.8, 4) is 0 Å². The Morgan fingerprint density at radius 3 is 0.763 bits per heavy atom. The van der Waals surface area contributed by atoms with Crippen molar-refractivity contribution < 1.29 is 9.47 Å². The largest absolute Gasteiger partial charge is 0.350 e. The van der Waals surface area contributed by atoms with E-state index in [1.807, 2.05) is 0 Å². The number of ether oxygens (including phenoxy) is 2. The quantitative estimate of drug-likeness (QED) is 0.0683. The van der Waals surface area contributed by atoms with Crippen LogP contribution >= 0.6 is 0 Å². The van der Waals surface area contributed by atoms with Crippen molar-refractivity contribution in [2.75, 3.05) is 13.2 Å². The summed E-state index contributed by atoms with van der Waals surface area (Å²) in [6.07, 6.45) is 41.7. The van der Waals surface area contributed by atoms with Gasteiger partial charge in [0, 0.05) is 12.8 Å². The van der Waals surface area contributed by atoms with Gasteiger partial charge in [0.05, 0.1) is 13.2 Å². The molecule has 0 spiro atoms. The molecule has 1 aliphatic carbocycles. The molecule has 3 nitrogen and oxygen atoms in total. The first-order chi connectivity index (χ1) is 18.3. The summed E-state index contributed by atoms with van der Waals surface area (Å²) in [4.78, 5) is 0. The Balaban J connectivity index is 0.0000137. The zero-order chi connectivity index (χ0) is 26.5. The highest BCUT2D eigenvalue weighted by molar-refractivity contribution is 4.86. The van der Waals surface area contributed by atoms with Gasteiger partial charge in [0.1, 0.15) is 0 Å². The lowest BCUT2D eigenvalue weighted by Crippen LogP contribution is -2.20. The van der Waals surface area contributed by atoms with Crippen LogP contribution in [0.1, 0.15) is 206 Å². The molecule has 38 heavy (non-hydrogen) atoms. The average Bonchev–Trinajstić information content (AvgIpc) is 3.68. The van der Waals surface area contributed by atoms with Crippen LogP contribution in [0.4, 0.5) is 0 Å². The lowest BCUT2D eigenvalue weighted by molar-refractivity contribution is -0.168. The van der Waals surface area contributed by atoms with E-state index in [4.69, 9.17) is 9.47 Å². The molecule has 3 N–H and O–H groups in total. The first kappa shape index (κ1) is 37.9. The van der Waals surface area contributed by atoms with Gasteiger partial charge >= 0.3 is 0 Å². The fourth-order valence-corrected chi connectivity index (χ4v) is 5.54. The summed E-state index contributed by atoms with van der Waals surface area (Å²) in [7, 11) is 0. The van der Waals surface area contributed by atoms with Gasteiger partial charge in [-0.1, -0.05) is 181 Å². The van der Waals surface area contributed by atoms with Crippen LogP contribution in [0.3, 0.4) is 0 Å². The molecule has 230 valence electrons. The maximum absolute atomic E-state index is 6.14. The third-order valence-corrected chi connectivity index (χ3v) is 8.38. The van der Waals surface area contributed by atoms with E-state index in [9.17, 15) is 0 Å². The number of hydrogen-bond donors (Lipinski definition) is 1. The molecule has 0 aromatic carbocycles. The first-order valence-corrected chi connectivity index (χ1v) is 17.6. The highest BCUT2D eigenvalue weighted by atomic mass is 16.7. The van der Waals surface area contributed by atoms with Crippen LogP contribution in [0.15, 0.2) is 0 Å². The SMILES string of the molecule is CCCCCCCCCCCCCCCCOC1(OCCCCCCCCCCCCCCCC)CC1.N. The molecule has 0 atom stereocenters. The molecule has 1 rings (SSSR count). The summed E-state index contributed by atoms with van der Waals surface area (Å²) in [6.45, 7) is 6.40. The molecule has 1 aliphatic rings. The molecule has 1 saturated carbocycles. The Labute approximate surface area is 241 Å². The second kappa shape index (κ2) is 29.9. The first-order valence-electron chi connectivity index (χ1n) is 17.6. The van der Waals surface area contributed by atoms with E-state index in [-0.39, 0.29) is 11.9 Å². The smallest absolute Gasteiger partial charge is 0.168 e. The van der Waals surface area contributed by atoms with Crippen molar-refractivity contribution in [3.63, 3.8) is 0 Å². The molecule has 0 bridgehead atoms. The van der Waals surface area contributed by atoms with Crippen LogP contribution in [0, 0.1) is 0 Å². The molecular formula is C35H73NO2. The van der Waals surface area contributed by atoms with E-state index >= 15 is 0 Å². The Hall–Kier alpha value is -0.120. The highest BCUT2D eigenvalue weighted by Gasteiger charge is 2.45. The van der Waals surface area contributed by atoms with E-state index in [1.165, 1.54) is 180 Å². The van der Waals surface area contributed by atoms with Crippen molar-refractivity contribution in [1.82, 2.24) is 6.15 Å². The van der Waals surface area contributed by atoms with Gasteiger partial charge in [-0.3, -0.25) is 0 Å². The van der Waals surface area contributed by atoms with Crippen LogP contribution in [0.5, 0.6) is 0 Å². The van der Waals surface area contributed by atoms with E-state index in [1.54, 1.807) is 0 Å². The molecule has 0 unspecified atom stereocenters. The van der Waals surface area contributed by atoms with Gasteiger partial charge in [0.15, 0.2) is 5.79 Å². The molecular weight excluding hydrogens is 466 g/mol. The van der Waals surface area contributed by atoms with Crippen molar-refractivity contribution in [2.45, 2.75) is 212 Å². The van der Waals surface area contributed by atoms with E-state index in [2.05, 4.69) is 13.8 Å². The number of unbranched alkanes of at least 4 members (excludes halogenated alkanes) is 26. The van der Waals surface area contributed by atoms with Gasteiger partial charge in [-0.05, 0) is 12.8 Å².